The van der Waals surface area contributed by atoms with Crippen molar-refractivity contribution in [2.75, 3.05) is 19.6 Å². The van der Waals surface area contributed by atoms with Gasteiger partial charge in [-0.25, -0.2) is 4.79 Å². The predicted octanol–water partition coefficient (Wildman–Crippen LogP) is 2.39. The summed E-state index contributed by atoms with van der Waals surface area (Å²) in [6.45, 7) is 8.46. The molecule has 0 aromatic carbocycles. The van der Waals surface area contributed by atoms with Gasteiger partial charge in [-0.3, -0.25) is 0 Å². The van der Waals surface area contributed by atoms with Gasteiger partial charge >= 0.3 is 6.09 Å². The Hall–Kier alpha value is -0.770. The lowest BCUT2D eigenvalue weighted by Gasteiger charge is -2.27. The molecule has 1 atom stereocenters. The Bertz CT molecular complexity index is 295. The third kappa shape index (κ3) is 3.87. The summed E-state index contributed by atoms with van der Waals surface area (Å²) in [6.07, 6.45) is 5.01. The first kappa shape index (κ1) is 13.7. The van der Waals surface area contributed by atoms with Gasteiger partial charge in [0.2, 0.25) is 0 Å². The third-order valence-electron chi connectivity index (χ3n) is 3.76. The fraction of sp³-hybridized carbons (Fsp3) is 0.929. The van der Waals surface area contributed by atoms with Crippen LogP contribution in [0.3, 0.4) is 0 Å². The number of ether oxygens (including phenoxy) is 1. The first-order chi connectivity index (χ1) is 8.44. The number of nitrogens with one attached hydrogen (secondary N) is 1. The van der Waals surface area contributed by atoms with E-state index in [1.807, 2.05) is 25.7 Å². The number of likely N-dealkylation sites (tertiary alicyclic amines) is 1. The maximum absolute atomic E-state index is 11.9. The van der Waals surface area contributed by atoms with Gasteiger partial charge in [0.15, 0.2) is 0 Å². The molecule has 2 aliphatic rings. The van der Waals surface area contributed by atoms with Crippen LogP contribution >= 0.6 is 0 Å². The SMILES string of the molecule is CC(C)(C)OC(=O)N1CC[C@H](NCC2CCC2)C1. The normalized spacial score (nSPS) is 25.1. The van der Waals surface area contributed by atoms with E-state index in [1.165, 1.54) is 19.3 Å². The summed E-state index contributed by atoms with van der Waals surface area (Å²) < 4.78 is 5.39. The highest BCUT2D eigenvalue weighted by atomic mass is 16.6. The van der Waals surface area contributed by atoms with Crippen LogP contribution in [0.1, 0.15) is 46.5 Å². The van der Waals surface area contributed by atoms with E-state index < -0.39 is 5.60 Å². The molecular formula is C14H26N2O2. The molecule has 1 amide bonds. The second-order valence-corrected chi connectivity index (χ2v) is 6.62. The highest BCUT2D eigenvalue weighted by Crippen LogP contribution is 2.25. The molecule has 2 rings (SSSR count). The number of amides is 1. The average Bonchev–Trinajstić information content (AvgIpc) is 2.61. The van der Waals surface area contributed by atoms with Crippen LogP contribution in [0.2, 0.25) is 0 Å². The topological polar surface area (TPSA) is 41.6 Å². The van der Waals surface area contributed by atoms with Gasteiger partial charge in [-0.15, -0.1) is 0 Å². The van der Waals surface area contributed by atoms with Gasteiger partial charge in [0.1, 0.15) is 5.60 Å². The van der Waals surface area contributed by atoms with E-state index >= 15 is 0 Å². The van der Waals surface area contributed by atoms with Crippen LogP contribution in [0.4, 0.5) is 4.79 Å². The largest absolute Gasteiger partial charge is 0.444 e. The van der Waals surface area contributed by atoms with Gasteiger partial charge in [0.05, 0.1) is 0 Å². The van der Waals surface area contributed by atoms with Crippen molar-refractivity contribution in [1.29, 1.82) is 0 Å². The van der Waals surface area contributed by atoms with Crippen molar-refractivity contribution < 1.29 is 9.53 Å². The van der Waals surface area contributed by atoms with Crippen LogP contribution in [-0.4, -0.2) is 42.3 Å². The lowest BCUT2D eigenvalue weighted by atomic mass is 9.85. The van der Waals surface area contributed by atoms with Gasteiger partial charge < -0.3 is 15.0 Å². The van der Waals surface area contributed by atoms with E-state index in [0.717, 1.165) is 32.0 Å². The highest BCUT2D eigenvalue weighted by molar-refractivity contribution is 5.68. The minimum absolute atomic E-state index is 0.171. The minimum Gasteiger partial charge on any atom is -0.444 e. The molecule has 1 aliphatic heterocycles. The van der Waals surface area contributed by atoms with E-state index in [9.17, 15) is 4.79 Å². The maximum Gasteiger partial charge on any atom is 0.410 e. The molecule has 0 aromatic heterocycles. The maximum atomic E-state index is 11.9. The Balaban J connectivity index is 1.68. The summed E-state index contributed by atoms with van der Waals surface area (Å²) in [6, 6.07) is 0.457. The zero-order chi connectivity index (χ0) is 13.2. The molecule has 0 radical (unpaired) electrons. The number of carbonyl (C=O) groups is 1. The zero-order valence-corrected chi connectivity index (χ0v) is 11.9. The summed E-state index contributed by atoms with van der Waals surface area (Å²) in [5.74, 6) is 0.876. The Labute approximate surface area is 110 Å². The summed E-state index contributed by atoms with van der Waals surface area (Å²) in [7, 11) is 0. The first-order valence-electron chi connectivity index (χ1n) is 7.15. The van der Waals surface area contributed by atoms with Crippen molar-refractivity contribution in [2.24, 2.45) is 5.92 Å². The number of hydrogen-bond donors (Lipinski definition) is 1. The molecule has 0 aromatic rings. The van der Waals surface area contributed by atoms with Crippen molar-refractivity contribution in [2.45, 2.75) is 58.1 Å². The molecular weight excluding hydrogens is 228 g/mol. The van der Waals surface area contributed by atoms with E-state index in [4.69, 9.17) is 4.74 Å². The van der Waals surface area contributed by atoms with E-state index in [-0.39, 0.29) is 6.09 Å². The number of nitrogens with zero attached hydrogens (tertiary/aromatic N) is 1. The molecule has 2 fully saturated rings. The lowest BCUT2D eigenvalue weighted by Crippen LogP contribution is -2.40. The van der Waals surface area contributed by atoms with Crippen molar-refractivity contribution in [3.8, 4) is 0 Å². The quantitative estimate of drug-likeness (QED) is 0.841. The number of rotatable bonds is 3. The fourth-order valence-electron chi connectivity index (χ4n) is 2.45. The van der Waals surface area contributed by atoms with Crippen molar-refractivity contribution >= 4 is 6.09 Å². The fourth-order valence-corrected chi connectivity index (χ4v) is 2.45. The van der Waals surface area contributed by atoms with Crippen LogP contribution in [0.15, 0.2) is 0 Å². The molecule has 1 heterocycles. The van der Waals surface area contributed by atoms with Gasteiger partial charge in [0, 0.05) is 19.1 Å². The van der Waals surface area contributed by atoms with Crippen molar-refractivity contribution in [1.82, 2.24) is 10.2 Å². The molecule has 0 spiro atoms. The Kier molecular flexibility index (Phi) is 4.15. The first-order valence-corrected chi connectivity index (χ1v) is 7.15. The van der Waals surface area contributed by atoms with E-state index in [1.54, 1.807) is 0 Å². The molecule has 18 heavy (non-hydrogen) atoms. The Morgan fingerprint density at radius 3 is 2.61 bits per heavy atom. The zero-order valence-electron chi connectivity index (χ0n) is 11.9. The standard InChI is InChI=1S/C14H26N2O2/c1-14(2,3)18-13(17)16-8-7-12(10-16)15-9-11-5-4-6-11/h11-12,15H,4-10H2,1-3H3/t12-/m0/s1. The summed E-state index contributed by atoms with van der Waals surface area (Å²) >= 11 is 0. The molecule has 1 saturated carbocycles. The lowest BCUT2D eigenvalue weighted by molar-refractivity contribution is 0.0290. The Morgan fingerprint density at radius 1 is 1.33 bits per heavy atom. The molecule has 104 valence electrons. The van der Waals surface area contributed by atoms with Crippen LogP contribution in [-0.2, 0) is 4.74 Å². The second-order valence-electron chi connectivity index (χ2n) is 6.62. The van der Waals surface area contributed by atoms with Gasteiger partial charge in [-0.2, -0.15) is 0 Å². The van der Waals surface area contributed by atoms with Crippen LogP contribution in [0.5, 0.6) is 0 Å². The molecule has 1 N–H and O–H groups in total. The van der Waals surface area contributed by atoms with Crippen molar-refractivity contribution in [3.63, 3.8) is 0 Å². The van der Waals surface area contributed by atoms with Crippen molar-refractivity contribution in [3.05, 3.63) is 0 Å². The summed E-state index contributed by atoms with van der Waals surface area (Å²) in [5, 5.41) is 3.58. The van der Waals surface area contributed by atoms with Gasteiger partial charge in [-0.05, 0) is 52.5 Å². The Morgan fingerprint density at radius 2 is 2.06 bits per heavy atom. The number of hydrogen-bond acceptors (Lipinski definition) is 3. The summed E-state index contributed by atoms with van der Waals surface area (Å²) in [4.78, 5) is 13.7. The van der Waals surface area contributed by atoms with E-state index in [2.05, 4.69) is 5.32 Å². The third-order valence-corrected chi connectivity index (χ3v) is 3.76. The second kappa shape index (κ2) is 5.47. The van der Waals surface area contributed by atoms with Gasteiger partial charge in [0.25, 0.3) is 0 Å². The molecule has 4 heteroatoms. The molecule has 1 saturated heterocycles. The monoisotopic (exact) mass is 254 g/mol. The van der Waals surface area contributed by atoms with Gasteiger partial charge in [-0.1, -0.05) is 6.42 Å². The highest BCUT2D eigenvalue weighted by Gasteiger charge is 2.30. The van der Waals surface area contributed by atoms with E-state index in [0.29, 0.717) is 6.04 Å². The minimum atomic E-state index is -0.394. The molecule has 0 unspecified atom stereocenters. The summed E-state index contributed by atoms with van der Waals surface area (Å²) in [5.41, 5.74) is -0.394. The smallest absolute Gasteiger partial charge is 0.410 e. The van der Waals surface area contributed by atoms with Crippen LogP contribution < -0.4 is 5.32 Å². The predicted molar refractivity (Wildman–Crippen MR) is 71.6 cm³/mol. The molecule has 1 aliphatic carbocycles. The molecule has 4 nitrogen and oxygen atoms in total. The van der Waals surface area contributed by atoms with Crippen LogP contribution in [0.25, 0.3) is 0 Å². The van der Waals surface area contributed by atoms with Crippen LogP contribution in [0, 0.1) is 5.92 Å². The molecule has 0 bridgehead atoms. The number of carbonyl (C=O) groups excluding carboxylic acids is 1. The average molecular weight is 254 g/mol.